The first-order valence-corrected chi connectivity index (χ1v) is 7.64. The second-order valence-corrected chi connectivity index (χ2v) is 5.52. The maximum Gasteiger partial charge on any atom is 0.218 e. The molecule has 0 aliphatic heterocycles. The number of rotatable bonds is 4. The van der Waals surface area contributed by atoms with Gasteiger partial charge in [0, 0.05) is 29.0 Å². The molecule has 0 fully saturated rings. The van der Waals surface area contributed by atoms with E-state index in [1.807, 2.05) is 18.2 Å². The fraction of sp³-hybridized carbons (Fsp3) is 0. The average molecular weight is 332 g/mol. The Morgan fingerprint density at radius 2 is 1.88 bits per heavy atom. The monoisotopic (exact) mass is 332 g/mol. The first-order chi connectivity index (χ1) is 12.3. The Morgan fingerprint density at radius 3 is 2.68 bits per heavy atom. The fourth-order valence-corrected chi connectivity index (χ4v) is 2.79. The van der Waals surface area contributed by atoms with Crippen LogP contribution in [-0.4, -0.2) is 21.6 Å². The summed E-state index contributed by atoms with van der Waals surface area (Å²) < 4.78 is 13.2. The summed E-state index contributed by atoms with van der Waals surface area (Å²) in [6, 6.07) is 13.4. The highest BCUT2D eigenvalue weighted by Gasteiger charge is 2.15. The van der Waals surface area contributed by atoms with Crippen LogP contribution in [0.25, 0.3) is 22.0 Å². The Hall–Kier alpha value is -3.54. The van der Waals surface area contributed by atoms with Crippen LogP contribution in [-0.2, 0) is 4.79 Å². The van der Waals surface area contributed by atoms with Gasteiger partial charge < -0.3 is 0 Å². The summed E-state index contributed by atoms with van der Waals surface area (Å²) in [5.74, 6) is -0.313. The van der Waals surface area contributed by atoms with Gasteiger partial charge in [-0.25, -0.2) is 4.39 Å². The van der Waals surface area contributed by atoms with Crippen molar-refractivity contribution >= 4 is 28.7 Å². The SMILES string of the molecule is O=CN(c1ccc2[nH]ncc2c1)c1ccncc1-c1ccc(F)cc1. The third-order valence-electron chi connectivity index (χ3n) is 4.02. The first-order valence-electron chi connectivity index (χ1n) is 7.64. The summed E-state index contributed by atoms with van der Waals surface area (Å²) in [7, 11) is 0. The van der Waals surface area contributed by atoms with E-state index in [1.165, 1.54) is 17.0 Å². The highest BCUT2D eigenvalue weighted by atomic mass is 19.1. The molecule has 2 heterocycles. The number of halogens is 1. The van der Waals surface area contributed by atoms with Gasteiger partial charge in [0.05, 0.1) is 17.4 Å². The van der Waals surface area contributed by atoms with E-state index in [-0.39, 0.29) is 5.82 Å². The maximum atomic E-state index is 13.2. The molecule has 1 amide bonds. The number of nitrogens with one attached hydrogen (secondary N) is 1. The van der Waals surface area contributed by atoms with E-state index in [9.17, 15) is 9.18 Å². The lowest BCUT2D eigenvalue weighted by atomic mass is 10.0. The molecule has 5 nitrogen and oxygen atoms in total. The van der Waals surface area contributed by atoms with Crippen LogP contribution in [0, 0.1) is 5.82 Å². The molecule has 2 aromatic carbocycles. The fourth-order valence-electron chi connectivity index (χ4n) is 2.79. The molecule has 0 bridgehead atoms. The average Bonchev–Trinajstić information content (AvgIpc) is 3.11. The van der Waals surface area contributed by atoms with Crippen molar-refractivity contribution in [3.8, 4) is 11.1 Å². The van der Waals surface area contributed by atoms with Gasteiger partial charge in [0.15, 0.2) is 0 Å². The van der Waals surface area contributed by atoms with E-state index < -0.39 is 0 Å². The van der Waals surface area contributed by atoms with Crippen LogP contribution < -0.4 is 4.90 Å². The molecule has 0 saturated heterocycles. The van der Waals surface area contributed by atoms with Crippen molar-refractivity contribution in [3.05, 3.63) is 72.9 Å². The number of pyridine rings is 1. The summed E-state index contributed by atoms with van der Waals surface area (Å²) in [5.41, 5.74) is 3.78. The maximum absolute atomic E-state index is 13.2. The number of H-pyrrole nitrogens is 1. The Bertz CT molecular complexity index is 1040. The second kappa shape index (κ2) is 6.16. The lowest BCUT2D eigenvalue weighted by molar-refractivity contribution is -0.106. The lowest BCUT2D eigenvalue weighted by Crippen LogP contribution is -2.15. The van der Waals surface area contributed by atoms with Crippen LogP contribution in [0.4, 0.5) is 15.8 Å². The van der Waals surface area contributed by atoms with Gasteiger partial charge in [0.25, 0.3) is 0 Å². The summed E-state index contributed by atoms with van der Waals surface area (Å²) in [6.07, 6.45) is 5.74. The van der Waals surface area contributed by atoms with Crippen LogP contribution in [0.1, 0.15) is 0 Å². The Morgan fingerprint density at radius 1 is 1.04 bits per heavy atom. The minimum Gasteiger partial charge on any atom is -0.283 e. The van der Waals surface area contributed by atoms with Crippen molar-refractivity contribution in [2.75, 3.05) is 4.90 Å². The molecule has 4 aromatic rings. The molecule has 0 saturated carbocycles. The van der Waals surface area contributed by atoms with Crippen molar-refractivity contribution in [2.45, 2.75) is 0 Å². The summed E-state index contributed by atoms with van der Waals surface area (Å²) in [6.45, 7) is 0. The topological polar surface area (TPSA) is 61.9 Å². The quantitative estimate of drug-likeness (QED) is 0.573. The minimum atomic E-state index is -0.313. The number of benzene rings is 2. The predicted octanol–water partition coefficient (Wildman–Crippen LogP) is 4.06. The van der Waals surface area contributed by atoms with E-state index >= 15 is 0 Å². The number of hydrogen-bond donors (Lipinski definition) is 1. The number of amides is 1. The highest BCUT2D eigenvalue weighted by molar-refractivity contribution is 5.96. The molecule has 0 aliphatic rings. The summed E-state index contributed by atoms with van der Waals surface area (Å²) >= 11 is 0. The van der Waals surface area contributed by atoms with Crippen molar-refractivity contribution in [1.82, 2.24) is 15.2 Å². The van der Waals surface area contributed by atoms with Crippen LogP contribution in [0.15, 0.2) is 67.1 Å². The van der Waals surface area contributed by atoms with E-state index in [0.717, 1.165) is 28.4 Å². The third-order valence-corrected chi connectivity index (χ3v) is 4.02. The van der Waals surface area contributed by atoms with Crippen LogP contribution >= 0.6 is 0 Å². The predicted molar refractivity (Wildman–Crippen MR) is 93.9 cm³/mol. The number of aromatic nitrogens is 3. The molecule has 0 spiro atoms. The van der Waals surface area contributed by atoms with Crippen LogP contribution in [0.2, 0.25) is 0 Å². The molecule has 0 radical (unpaired) electrons. The Labute approximate surface area is 142 Å². The van der Waals surface area contributed by atoms with Crippen molar-refractivity contribution < 1.29 is 9.18 Å². The van der Waals surface area contributed by atoms with Gasteiger partial charge in [0.1, 0.15) is 5.82 Å². The number of carbonyl (C=O) groups excluding carboxylic acids is 1. The van der Waals surface area contributed by atoms with Gasteiger partial charge in [0.2, 0.25) is 6.41 Å². The molecular weight excluding hydrogens is 319 g/mol. The lowest BCUT2D eigenvalue weighted by Gasteiger charge is -2.21. The van der Waals surface area contributed by atoms with E-state index in [1.54, 1.807) is 36.8 Å². The number of anilines is 2. The standard InChI is InChI=1S/C19H13FN4O/c20-15-3-1-13(2-4-15)17-11-21-8-7-19(17)24(12-25)16-5-6-18-14(9-16)10-22-23-18/h1-12H,(H,22,23). The zero-order chi connectivity index (χ0) is 17.2. The molecule has 122 valence electrons. The second-order valence-electron chi connectivity index (χ2n) is 5.52. The molecule has 0 atom stereocenters. The molecule has 0 unspecified atom stereocenters. The molecule has 25 heavy (non-hydrogen) atoms. The molecule has 2 aromatic heterocycles. The Kier molecular flexibility index (Phi) is 3.70. The van der Waals surface area contributed by atoms with E-state index in [2.05, 4.69) is 15.2 Å². The number of fused-ring (bicyclic) bond motifs is 1. The zero-order valence-electron chi connectivity index (χ0n) is 13.1. The first kappa shape index (κ1) is 15.0. The van der Waals surface area contributed by atoms with E-state index in [0.29, 0.717) is 11.4 Å². The van der Waals surface area contributed by atoms with Gasteiger partial charge in [-0.2, -0.15) is 5.10 Å². The normalized spacial score (nSPS) is 10.8. The van der Waals surface area contributed by atoms with Crippen LogP contribution in [0.5, 0.6) is 0 Å². The van der Waals surface area contributed by atoms with Crippen LogP contribution in [0.3, 0.4) is 0 Å². The number of carbonyl (C=O) groups is 1. The molecule has 0 aliphatic carbocycles. The number of hydrogen-bond acceptors (Lipinski definition) is 3. The smallest absolute Gasteiger partial charge is 0.218 e. The van der Waals surface area contributed by atoms with Gasteiger partial charge in [-0.05, 0) is 42.0 Å². The minimum absolute atomic E-state index is 0.313. The molecule has 1 N–H and O–H groups in total. The largest absolute Gasteiger partial charge is 0.283 e. The molecular formula is C19H13FN4O. The van der Waals surface area contributed by atoms with Gasteiger partial charge >= 0.3 is 0 Å². The molecule has 6 heteroatoms. The summed E-state index contributed by atoms with van der Waals surface area (Å²) in [5, 5.41) is 7.78. The van der Waals surface area contributed by atoms with Crippen molar-refractivity contribution in [2.24, 2.45) is 0 Å². The number of nitrogens with zero attached hydrogens (tertiary/aromatic N) is 3. The van der Waals surface area contributed by atoms with E-state index in [4.69, 9.17) is 0 Å². The zero-order valence-corrected chi connectivity index (χ0v) is 13.1. The van der Waals surface area contributed by atoms with Crippen molar-refractivity contribution in [1.29, 1.82) is 0 Å². The van der Waals surface area contributed by atoms with Crippen molar-refractivity contribution in [3.63, 3.8) is 0 Å². The Balaban J connectivity index is 1.84. The van der Waals surface area contributed by atoms with Gasteiger partial charge in [-0.1, -0.05) is 12.1 Å². The van der Waals surface area contributed by atoms with Gasteiger partial charge in [-0.15, -0.1) is 0 Å². The van der Waals surface area contributed by atoms with Gasteiger partial charge in [-0.3, -0.25) is 19.8 Å². The summed E-state index contributed by atoms with van der Waals surface area (Å²) in [4.78, 5) is 17.5. The highest BCUT2D eigenvalue weighted by Crippen LogP contribution is 2.34. The molecule has 4 rings (SSSR count). The third kappa shape index (κ3) is 2.74. The number of aromatic amines is 1.